The van der Waals surface area contributed by atoms with E-state index in [4.69, 9.17) is 4.74 Å². The van der Waals surface area contributed by atoms with Crippen LogP contribution < -0.4 is 15.4 Å². The zero-order valence-corrected chi connectivity index (χ0v) is 14.2. The molecule has 1 aliphatic heterocycles. The molecular weight excluding hydrogens is 330 g/mol. The number of urea groups is 1. The van der Waals surface area contributed by atoms with Crippen molar-refractivity contribution in [1.29, 1.82) is 0 Å². The van der Waals surface area contributed by atoms with Crippen LogP contribution in [0, 0.1) is 0 Å². The molecule has 132 valence electrons. The van der Waals surface area contributed by atoms with Crippen molar-refractivity contribution in [2.24, 2.45) is 0 Å². The molecule has 2 aromatic heterocycles. The van der Waals surface area contributed by atoms with Crippen LogP contribution in [0.2, 0.25) is 0 Å². The summed E-state index contributed by atoms with van der Waals surface area (Å²) in [6.07, 6.45) is 7.28. The third kappa shape index (κ3) is 3.83. The van der Waals surface area contributed by atoms with E-state index in [0.717, 1.165) is 42.0 Å². The fraction of sp³-hybridized carbons (Fsp3) is 0.211. The smallest absolute Gasteiger partial charge is 0.324 e. The summed E-state index contributed by atoms with van der Waals surface area (Å²) in [5.74, 6) is 1.40. The summed E-state index contributed by atoms with van der Waals surface area (Å²) in [7, 11) is 0. The van der Waals surface area contributed by atoms with Crippen molar-refractivity contribution >= 4 is 17.5 Å². The van der Waals surface area contributed by atoms with E-state index in [9.17, 15) is 4.79 Å². The van der Waals surface area contributed by atoms with Gasteiger partial charge in [-0.25, -0.2) is 4.79 Å². The van der Waals surface area contributed by atoms with Gasteiger partial charge in [0.15, 0.2) is 5.82 Å². The number of pyridine rings is 1. The third-order valence-electron chi connectivity index (χ3n) is 4.14. The summed E-state index contributed by atoms with van der Waals surface area (Å²) in [6.45, 7) is 1.37. The minimum atomic E-state index is -0.323. The molecule has 0 bridgehead atoms. The van der Waals surface area contributed by atoms with Crippen molar-refractivity contribution in [3.8, 4) is 5.75 Å². The third-order valence-corrected chi connectivity index (χ3v) is 4.14. The van der Waals surface area contributed by atoms with Crippen LogP contribution in [0.1, 0.15) is 17.5 Å². The number of nitrogens with one attached hydrogen (secondary N) is 2. The van der Waals surface area contributed by atoms with Crippen molar-refractivity contribution < 1.29 is 9.53 Å². The number of aryl methyl sites for hydroxylation is 1. The molecule has 7 heteroatoms. The van der Waals surface area contributed by atoms with Crippen molar-refractivity contribution in [2.75, 3.05) is 17.2 Å². The number of nitrogens with zero attached hydrogens (tertiary/aromatic N) is 3. The van der Waals surface area contributed by atoms with Crippen LogP contribution in [0.3, 0.4) is 0 Å². The first-order valence-corrected chi connectivity index (χ1v) is 8.52. The first kappa shape index (κ1) is 16.1. The van der Waals surface area contributed by atoms with Gasteiger partial charge in [0.1, 0.15) is 5.75 Å². The fourth-order valence-electron chi connectivity index (χ4n) is 2.91. The lowest BCUT2D eigenvalue weighted by Crippen LogP contribution is -2.20. The number of aromatic nitrogens is 3. The number of amides is 2. The van der Waals surface area contributed by atoms with Crippen molar-refractivity contribution in [3.05, 3.63) is 66.1 Å². The summed E-state index contributed by atoms with van der Waals surface area (Å²) in [5, 5.41) is 9.95. The molecular formula is C19H19N5O2. The maximum Gasteiger partial charge on any atom is 0.324 e. The number of carbonyl (C=O) groups is 1. The second-order valence-corrected chi connectivity index (χ2v) is 6.11. The first-order chi connectivity index (χ1) is 12.8. The van der Waals surface area contributed by atoms with E-state index in [-0.39, 0.29) is 6.03 Å². The highest BCUT2D eigenvalue weighted by Crippen LogP contribution is 2.27. The summed E-state index contributed by atoms with van der Waals surface area (Å²) in [5.41, 5.74) is 2.95. The average Bonchev–Trinajstić information content (AvgIpc) is 3.09. The summed E-state index contributed by atoms with van der Waals surface area (Å²) >= 11 is 0. The van der Waals surface area contributed by atoms with Crippen LogP contribution in [0.25, 0.3) is 0 Å². The molecule has 0 atom stereocenters. The molecule has 4 rings (SSSR count). The largest absolute Gasteiger partial charge is 0.493 e. The Hall–Kier alpha value is -3.35. The lowest BCUT2D eigenvalue weighted by atomic mass is 10.1. The summed E-state index contributed by atoms with van der Waals surface area (Å²) < 4.78 is 7.35. The standard InChI is InChI=1S/C19H19N5O2/c25-19(21-16-3-4-17-15(12-16)2-1-11-26-17)22-18-7-10-24(23-18)13-14-5-8-20-9-6-14/h3-10,12H,1-2,11,13H2,(H2,21,22,23,25). The molecule has 2 N–H and O–H groups in total. The van der Waals surface area contributed by atoms with E-state index in [2.05, 4.69) is 20.7 Å². The molecule has 0 radical (unpaired) electrons. The van der Waals surface area contributed by atoms with E-state index in [1.165, 1.54) is 0 Å². The number of rotatable bonds is 4. The number of benzene rings is 1. The zero-order chi connectivity index (χ0) is 17.8. The second kappa shape index (κ2) is 7.26. The van der Waals surface area contributed by atoms with Gasteiger partial charge in [-0.05, 0) is 54.3 Å². The van der Waals surface area contributed by atoms with Crippen LogP contribution in [-0.4, -0.2) is 27.4 Å². The van der Waals surface area contributed by atoms with Crippen LogP contribution in [0.15, 0.2) is 55.0 Å². The summed E-state index contributed by atoms with van der Waals surface area (Å²) in [4.78, 5) is 16.2. The van der Waals surface area contributed by atoms with E-state index >= 15 is 0 Å². The second-order valence-electron chi connectivity index (χ2n) is 6.11. The number of fused-ring (bicyclic) bond motifs is 1. The Labute approximate surface area is 151 Å². The van der Waals surface area contributed by atoms with Gasteiger partial charge >= 0.3 is 6.03 Å². The molecule has 1 aromatic carbocycles. The molecule has 0 saturated heterocycles. The van der Waals surface area contributed by atoms with Gasteiger partial charge in [0.05, 0.1) is 13.2 Å². The van der Waals surface area contributed by atoms with E-state index in [1.807, 2.05) is 36.5 Å². The predicted molar refractivity (Wildman–Crippen MR) is 98.5 cm³/mol. The Bertz CT molecular complexity index is 907. The first-order valence-electron chi connectivity index (χ1n) is 8.52. The molecule has 26 heavy (non-hydrogen) atoms. The number of anilines is 2. The lowest BCUT2D eigenvalue weighted by molar-refractivity contribution is 0.262. The Morgan fingerprint density at radius 1 is 1.15 bits per heavy atom. The van der Waals surface area contributed by atoms with Gasteiger partial charge in [-0.1, -0.05) is 0 Å². The predicted octanol–water partition coefficient (Wildman–Crippen LogP) is 3.30. The van der Waals surface area contributed by atoms with E-state index < -0.39 is 0 Å². The molecule has 2 amide bonds. The highest BCUT2D eigenvalue weighted by Gasteiger charge is 2.12. The number of ether oxygens (including phenoxy) is 1. The highest BCUT2D eigenvalue weighted by atomic mass is 16.5. The molecule has 0 spiro atoms. The maximum absolute atomic E-state index is 12.2. The molecule has 7 nitrogen and oxygen atoms in total. The lowest BCUT2D eigenvalue weighted by Gasteiger charge is -2.18. The topological polar surface area (TPSA) is 81.1 Å². The van der Waals surface area contributed by atoms with Gasteiger partial charge in [-0.15, -0.1) is 0 Å². The minimum Gasteiger partial charge on any atom is -0.493 e. The van der Waals surface area contributed by atoms with Crippen LogP contribution in [-0.2, 0) is 13.0 Å². The van der Waals surface area contributed by atoms with E-state index in [1.54, 1.807) is 23.1 Å². The van der Waals surface area contributed by atoms with Gasteiger partial charge in [0.25, 0.3) is 0 Å². The molecule has 0 unspecified atom stereocenters. The zero-order valence-electron chi connectivity index (χ0n) is 14.2. The molecule has 0 aliphatic carbocycles. The Morgan fingerprint density at radius 2 is 2.04 bits per heavy atom. The van der Waals surface area contributed by atoms with Crippen LogP contribution >= 0.6 is 0 Å². The highest BCUT2D eigenvalue weighted by molar-refractivity contribution is 5.99. The minimum absolute atomic E-state index is 0.323. The van der Waals surface area contributed by atoms with Crippen molar-refractivity contribution in [1.82, 2.24) is 14.8 Å². The monoisotopic (exact) mass is 349 g/mol. The molecule has 0 fully saturated rings. The van der Waals surface area contributed by atoms with Gasteiger partial charge in [-0.3, -0.25) is 15.0 Å². The van der Waals surface area contributed by atoms with Crippen molar-refractivity contribution in [2.45, 2.75) is 19.4 Å². The van der Waals surface area contributed by atoms with Gasteiger partial charge in [0.2, 0.25) is 0 Å². The molecule has 3 heterocycles. The number of carbonyl (C=O) groups excluding carboxylic acids is 1. The molecule has 1 aliphatic rings. The number of hydrogen-bond donors (Lipinski definition) is 2. The Balaban J connectivity index is 1.36. The molecule has 3 aromatic rings. The average molecular weight is 349 g/mol. The molecule has 0 saturated carbocycles. The van der Waals surface area contributed by atoms with Gasteiger partial charge < -0.3 is 10.1 Å². The van der Waals surface area contributed by atoms with Crippen LogP contribution in [0.4, 0.5) is 16.3 Å². The van der Waals surface area contributed by atoms with Gasteiger partial charge in [0, 0.05) is 30.3 Å². The fourth-order valence-corrected chi connectivity index (χ4v) is 2.91. The van der Waals surface area contributed by atoms with E-state index in [0.29, 0.717) is 12.4 Å². The van der Waals surface area contributed by atoms with Crippen LogP contribution in [0.5, 0.6) is 5.75 Å². The van der Waals surface area contributed by atoms with Crippen molar-refractivity contribution in [3.63, 3.8) is 0 Å². The Morgan fingerprint density at radius 3 is 2.92 bits per heavy atom. The quantitative estimate of drug-likeness (QED) is 0.757. The maximum atomic E-state index is 12.2. The summed E-state index contributed by atoms with van der Waals surface area (Å²) in [6, 6.07) is 11.0. The normalized spacial score (nSPS) is 12.8. The Kier molecular flexibility index (Phi) is 4.51. The SMILES string of the molecule is O=C(Nc1ccc2c(c1)CCCO2)Nc1ccn(Cc2ccncc2)n1. The van der Waals surface area contributed by atoms with Gasteiger partial charge in [-0.2, -0.15) is 5.10 Å². The number of hydrogen-bond acceptors (Lipinski definition) is 4.